The van der Waals surface area contributed by atoms with E-state index in [4.69, 9.17) is 4.74 Å². The summed E-state index contributed by atoms with van der Waals surface area (Å²) < 4.78 is 71.9. The number of rotatable bonds is 9. The van der Waals surface area contributed by atoms with Gasteiger partial charge in [0.05, 0.1) is 29.6 Å². The number of amides is 1. The van der Waals surface area contributed by atoms with Crippen LogP contribution in [0.15, 0.2) is 71.6 Å². The molecule has 3 aromatic carbocycles. The summed E-state index contributed by atoms with van der Waals surface area (Å²) in [7, 11) is -6.40. The predicted octanol–water partition coefficient (Wildman–Crippen LogP) is 3.35. The average Bonchev–Trinajstić information content (AvgIpc) is 2.77. The summed E-state index contributed by atoms with van der Waals surface area (Å²) >= 11 is 0. The van der Waals surface area contributed by atoms with Crippen molar-refractivity contribution in [3.05, 3.63) is 78.1 Å². The van der Waals surface area contributed by atoms with Gasteiger partial charge in [-0.05, 0) is 67.1 Å². The number of carbonyl (C=O) groups is 1. The number of benzene rings is 3. The smallest absolute Gasteiger partial charge is 0.262 e. The van der Waals surface area contributed by atoms with Crippen molar-refractivity contribution in [2.24, 2.45) is 0 Å². The highest BCUT2D eigenvalue weighted by Gasteiger charge is 2.22. The summed E-state index contributed by atoms with van der Waals surface area (Å²) in [4.78, 5) is 12.4. The van der Waals surface area contributed by atoms with E-state index >= 15 is 0 Å². The van der Waals surface area contributed by atoms with Crippen molar-refractivity contribution in [1.29, 1.82) is 0 Å². The van der Waals surface area contributed by atoms with Gasteiger partial charge in [-0.2, -0.15) is 0 Å². The maximum absolute atomic E-state index is 13.6. The molecule has 0 radical (unpaired) electrons. The molecule has 0 atom stereocenters. The van der Waals surface area contributed by atoms with Crippen molar-refractivity contribution in [2.75, 3.05) is 34.3 Å². The van der Waals surface area contributed by atoms with Crippen LogP contribution in [0.2, 0.25) is 0 Å². The number of hydrogen-bond acceptors (Lipinski definition) is 6. The van der Waals surface area contributed by atoms with Crippen LogP contribution in [-0.4, -0.2) is 42.7 Å². The molecule has 186 valence electrons. The first kappa shape index (κ1) is 26.0. The van der Waals surface area contributed by atoms with E-state index in [2.05, 4.69) is 10.0 Å². The Balaban J connectivity index is 1.74. The lowest BCUT2D eigenvalue weighted by Gasteiger charge is -2.22. The Morgan fingerprint density at radius 2 is 1.69 bits per heavy atom. The van der Waals surface area contributed by atoms with Crippen LogP contribution in [0.25, 0.3) is 0 Å². The molecule has 9 nitrogen and oxygen atoms in total. The van der Waals surface area contributed by atoms with Gasteiger partial charge in [0.25, 0.3) is 10.0 Å². The first-order valence-corrected chi connectivity index (χ1v) is 13.5. The van der Waals surface area contributed by atoms with Crippen molar-refractivity contribution in [2.45, 2.75) is 11.8 Å². The minimum absolute atomic E-state index is 0.00161. The highest BCUT2D eigenvalue weighted by molar-refractivity contribution is 7.92. The third-order valence-electron chi connectivity index (χ3n) is 4.83. The second-order valence-electron chi connectivity index (χ2n) is 7.63. The van der Waals surface area contributed by atoms with Gasteiger partial charge >= 0.3 is 0 Å². The van der Waals surface area contributed by atoms with E-state index < -0.39 is 38.3 Å². The molecule has 1 amide bonds. The van der Waals surface area contributed by atoms with Gasteiger partial charge in [-0.1, -0.05) is 12.1 Å². The zero-order chi connectivity index (χ0) is 25.8. The van der Waals surface area contributed by atoms with Crippen molar-refractivity contribution in [3.63, 3.8) is 0 Å². The Kier molecular flexibility index (Phi) is 7.66. The van der Waals surface area contributed by atoms with Gasteiger partial charge in [-0.25, -0.2) is 21.2 Å². The molecular weight excluding hydrogens is 497 g/mol. The molecule has 0 aliphatic heterocycles. The monoisotopic (exact) mass is 521 g/mol. The first-order chi connectivity index (χ1) is 16.4. The Bertz CT molecular complexity index is 1440. The van der Waals surface area contributed by atoms with Crippen LogP contribution >= 0.6 is 0 Å². The van der Waals surface area contributed by atoms with Crippen LogP contribution < -0.4 is 19.1 Å². The lowest BCUT2D eigenvalue weighted by Crippen LogP contribution is -2.37. The molecule has 3 aromatic rings. The van der Waals surface area contributed by atoms with Gasteiger partial charge in [0, 0.05) is 5.69 Å². The molecule has 0 saturated carbocycles. The number of nitrogens with zero attached hydrogens (tertiary/aromatic N) is 1. The summed E-state index contributed by atoms with van der Waals surface area (Å²) in [6.45, 7) is 1.21. The number of sulfonamides is 2. The van der Waals surface area contributed by atoms with E-state index in [1.54, 1.807) is 18.2 Å². The fraction of sp³-hybridized carbons (Fsp3) is 0.174. The zero-order valence-electron chi connectivity index (χ0n) is 19.1. The topological polar surface area (TPSA) is 122 Å². The predicted molar refractivity (Wildman–Crippen MR) is 132 cm³/mol. The number of methoxy groups -OCH3 is 1. The van der Waals surface area contributed by atoms with E-state index in [1.165, 1.54) is 43.5 Å². The molecule has 35 heavy (non-hydrogen) atoms. The largest absolute Gasteiger partial charge is 0.495 e. The summed E-state index contributed by atoms with van der Waals surface area (Å²) in [5.74, 6) is -0.986. The number of ether oxygens (including phenoxy) is 1. The van der Waals surface area contributed by atoms with Crippen LogP contribution in [0.1, 0.15) is 5.56 Å². The second-order valence-corrected chi connectivity index (χ2v) is 11.2. The summed E-state index contributed by atoms with van der Waals surface area (Å²) in [5, 5.41) is 2.51. The van der Waals surface area contributed by atoms with Crippen LogP contribution in [0.4, 0.5) is 21.5 Å². The summed E-state index contributed by atoms with van der Waals surface area (Å²) in [5.41, 5.74) is 1.36. The van der Waals surface area contributed by atoms with Crippen molar-refractivity contribution < 1.29 is 30.8 Å². The minimum atomic E-state index is -3.95. The Labute approximate surface area is 203 Å². The standard InChI is InChI=1S/C23H24FN3O6S2/c1-16-7-12-22(33-2)21(13-16)26-35(31,32)20-10-8-18(9-11-20)25-23(28)15-27(34(3,29)30)19-6-4-5-17(24)14-19/h4-14,26H,15H2,1-3H3,(H,25,28). The molecule has 0 heterocycles. The van der Waals surface area contributed by atoms with Crippen LogP contribution in [-0.2, 0) is 24.8 Å². The number of hydrogen-bond donors (Lipinski definition) is 2. The molecule has 0 bridgehead atoms. The van der Waals surface area contributed by atoms with Crippen molar-refractivity contribution in [3.8, 4) is 5.75 Å². The van der Waals surface area contributed by atoms with E-state index in [-0.39, 0.29) is 22.0 Å². The van der Waals surface area contributed by atoms with E-state index in [0.29, 0.717) is 5.75 Å². The third-order valence-corrected chi connectivity index (χ3v) is 7.35. The Morgan fingerprint density at radius 3 is 2.29 bits per heavy atom. The second kappa shape index (κ2) is 10.3. The van der Waals surface area contributed by atoms with Gasteiger partial charge in [-0.15, -0.1) is 0 Å². The van der Waals surface area contributed by atoms with E-state index in [9.17, 15) is 26.0 Å². The Hall–Kier alpha value is -3.64. The highest BCUT2D eigenvalue weighted by Crippen LogP contribution is 2.28. The lowest BCUT2D eigenvalue weighted by atomic mass is 10.2. The molecule has 0 saturated heterocycles. The van der Waals surface area contributed by atoms with Crippen LogP contribution in [0.3, 0.4) is 0 Å². The number of halogens is 1. The van der Waals surface area contributed by atoms with Gasteiger partial charge in [0.15, 0.2) is 0 Å². The number of carbonyl (C=O) groups excluding carboxylic acids is 1. The van der Waals surface area contributed by atoms with Crippen LogP contribution in [0.5, 0.6) is 5.75 Å². The number of aryl methyl sites for hydroxylation is 1. The Morgan fingerprint density at radius 1 is 1.00 bits per heavy atom. The summed E-state index contributed by atoms with van der Waals surface area (Å²) in [6, 6.07) is 15.3. The molecule has 3 rings (SSSR count). The van der Waals surface area contributed by atoms with E-state index in [0.717, 1.165) is 28.3 Å². The molecule has 0 aliphatic carbocycles. The maximum atomic E-state index is 13.6. The van der Waals surface area contributed by atoms with Crippen molar-refractivity contribution in [1.82, 2.24) is 0 Å². The number of anilines is 3. The van der Waals surface area contributed by atoms with E-state index in [1.807, 2.05) is 6.92 Å². The molecule has 0 fully saturated rings. The average molecular weight is 522 g/mol. The third kappa shape index (κ3) is 6.70. The normalized spacial score (nSPS) is 11.5. The van der Waals surface area contributed by atoms with Gasteiger partial charge in [0.1, 0.15) is 18.1 Å². The molecule has 0 spiro atoms. The fourth-order valence-corrected chi connectivity index (χ4v) is 5.09. The van der Waals surface area contributed by atoms with Crippen LogP contribution in [0, 0.1) is 12.7 Å². The van der Waals surface area contributed by atoms with Crippen molar-refractivity contribution >= 4 is 43.0 Å². The quantitative estimate of drug-likeness (QED) is 0.445. The fourth-order valence-electron chi connectivity index (χ4n) is 3.18. The highest BCUT2D eigenvalue weighted by atomic mass is 32.2. The molecule has 0 aromatic heterocycles. The van der Waals surface area contributed by atoms with Gasteiger partial charge < -0.3 is 10.1 Å². The van der Waals surface area contributed by atoms with Gasteiger partial charge in [0.2, 0.25) is 15.9 Å². The molecule has 2 N–H and O–H groups in total. The SMILES string of the molecule is COc1ccc(C)cc1NS(=O)(=O)c1ccc(NC(=O)CN(c2cccc(F)c2)S(C)(=O)=O)cc1. The maximum Gasteiger partial charge on any atom is 0.262 e. The zero-order valence-corrected chi connectivity index (χ0v) is 20.8. The molecule has 0 aliphatic rings. The molecule has 0 unspecified atom stereocenters. The number of nitrogens with one attached hydrogen (secondary N) is 2. The molecular formula is C23H24FN3O6S2. The summed E-state index contributed by atoms with van der Waals surface area (Å²) in [6.07, 6.45) is 0.904. The first-order valence-electron chi connectivity index (χ1n) is 10.2. The van der Waals surface area contributed by atoms with Gasteiger partial charge in [-0.3, -0.25) is 13.8 Å². The minimum Gasteiger partial charge on any atom is -0.495 e. The molecule has 12 heteroatoms. The lowest BCUT2D eigenvalue weighted by molar-refractivity contribution is -0.114.